The van der Waals surface area contributed by atoms with E-state index < -0.39 is 11.7 Å². The SMILES string of the molecule is FC(F)(F)c1ccccc1CN1CCCn2cccc2C1c1ccccc1. The number of benzene rings is 2. The van der Waals surface area contributed by atoms with Gasteiger partial charge in [-0.2, -0.15) is 13.2 Å². The van der Waals surface area contributed by atoms with Crippen molar-refractivity contribution in [3.05, 3.63) is 95.3 Å². The molecule has 0 saturated carbocycles. The van der Waals surface area contributed by atoms with Crippen molar-refractivity contribution in [3.8, 4) is 0 Å². The number of halogens is 3. The molecule has 0 spiro atoms. The van der Waals surface area contributed by atoms with Crippen LogP contribution < -0.4 is 0 Å². The molecule has 2 aromatic carbocycles. The van der Waals surface area contributed by atoms with Crippen molar-refractivity contribution in [2.45, 2.75) is 31.7 Å². The summed E-state index contributed by atoms with van der Waals surface area (Å²) in [6.07, 6.45) is -1.39. The van der Waals surface area contributed by atoms with Crippen LogP contribution in [-0.4, -0.2) is 16.0 Å². The summed E-state index contributed by atoms with van der Waals surface area (Å²) in [5.74, 6) is 0. The van der Waals surface area contributed by atoms with Gasteiger partial charge in [-0.1, -0.05) is 48.5 Å². The van der Waals surface area contributed by atoms with Crippen molar-refractivity contribution in [1.29, 1.82) is 0 Å². The van der Waals surface area contributed by atoms with Gasteiger partial charge in [0.25, 0.3) is 0 Å². The van der Waals surface area contributed by atoms with Crippen LogP contribution in [0.1, 0.15) is 34.8 Å². The molecule has 0 saturated heterocycles. The summed E-state index contributed by atoms with van der Waals surface area (Å²) < 4.78 is 42.6. The molecule has 1 aliphatic rings. The maximum atomic E-state index is 13.5. The molecule has 0 radical (unpaired) electrons. The lowest BCUT2D eigenvalue weighted by molar-refractivity contribution is -0.138. The van der Waals surface area contributed by atoms with Gasteiger partial charge in [0, 0.05) is 31.5 Å². The Morgan fingerprint density at radius 3 is 2.37 bits per heavy atom. The van der Waals surface area contributed by atoms with Crippen molar-refractivity contribution in [2.75, 3.05) is 6.54 Å². The van der Waals surface area contributed by atoms with E-state index in [1.807, 2.05) is 24.3 Å². The zero-order valence-electron chi connectivity index (χ0n) is 14.9. The Labute approximate surface area is 156 Å². The van der Waals surface area contributed by atoms with Gasteiger partial charge in [-0.05, 0) is 35.7 Å². The minimum Gasteiger partial charge on any atom is -0.350 e. The molecule has 0 aliphatic carbocycles. The summed E-state index contributed by atoms with van der Waals surface area (Å²) in [5.41, 5.74) is 2.01. The summed E-state index contributed by atoms with van der Waals surface area (Å²) in [4.78, 5) is 2.17. The van der Waals surface area contributed by atoms with Crippen LogP contribution in [0.4, 0.5) is 13.2 Å². The Balaban J connectivity index is 1.75. The first-order valence-corrected chi connectivity index (χ1v) is 9.13. The molecule has 1 aromatic heterocycles. The maximum Gasteiger partial charge on any atom is 0.416 e. The highest BCUT2D eigenvalue weighted by molar-refractivity contribution is 5.33. The van der Waals surface area contributed by atoms with Crippen LogP contribution in [0.3, 0.4) is 0 Å². The summed E-state index contributed by atoms with van der Waals surface area (Å²) in [6.45, 7) is 1.89. The molecule has 4 rings (SSSR count). The molecule has 3 aromatic rings. The average molecular weight is 370 g/mol. The first-order chi connectivity index (χ1) is 13.0. The Bertz CT molecular complexity index is 899. The van der Waals surface area contributed by atoms with E-state index in [1.54, 1.807) is 12.1 Å². The van der Waals surface area contributed by atoms with Crippen LogP contribution in [0.15, 0.2) is 72.9 Å². The number of hydrogen-bond donors (Lipinski definition) is 0. The standard InChI is InChI=1S/C22H21F3N2/c23-22(24,25)19-11-5-4-10-18(19)16-27-15-7-14-26-13-6-12-20(26)21(27)17-8-2-1-3-9-17/h1-6,8-13,21H,7,14-16H2. The van der Waals surface area contributed by atoms with Gasteiger partial charge in [-0.15, -0.1) is 0 Å². The highest BCUT2D eigenvalue weighted by Gasteiger charge is 2.34. The molecule has 1 atom stereocenters. The fourth-order valence-corrected chi connectivity index (χ4v) is 3.98. The van der Waals surface area contributed by atoms with Gasteiger partial charge in [-0.25, -0.2) is 0 Å². The highest BCUT2D eigenvalue weighted by Crippen LogP contribution is 2.36. The van der Waals surface area contributed by atoms with E-state index in [1.165, 1.54) is 12.1 Å². The minimum atomic E-state index is -4.34. The predicted molar refractivity (Wildman–Crippen MR) is 99.2 cm³/mol. The topological polar surface area (TPSA) is 8.17 Å². The molecular weight excluding hydrogens is 349 g/mol. The third-order valence-corrected chi connectivity index (χ3v) is 5.17. The number of fused-ring (bicyclic) bond motifs is 1. The van der Waals surface area contributed by atoms with E-state index in [2.05, 4.69) is 33.9 Å². The Morgan fingerprint density at radius 1 is 0.852 bits per heavy atom. The van der Waals surface area contributed by atoms with Crippen molar-refractivity contribution in [1.82, 2.24) is 9.47 Å². The number of rotatable bonds is 3. The predicted octanol–water partition coefficient (Wildman–Crippen LogP) is 5.50. The van der Waals surface area contributed by atoms with Gasteiger partial charge in [0.1, 0.15) is 0 Å². The molecule has 1 aliphatic heterocycles. The number of hydrogen-bond acceptors (Lipinski definition) is 1. The van der Waals surface area contributed by atoms with Gasteiger partial charge >= 0.3 is 6.18 Å². The Hall–Kier alpha value is -2.53. The summed E-state index contributed by atoms with van der Waals surface area (Å²) >= 11 is 0. The molecule has 0 bridgehead atoms. The number of aryl methyl sites for hydroxylation is 1. The largest absolute Gasteiger partial charge is 0.416 e. The van der Waals surface area contributed by atoms with Gasteiger partial charge < -0.3 is 4.57 Å². The third kappa shape index (κ3) is 3.65. The molecule has 5 heteroatoms. The Kier molecular flexibility index (Phi) is 4.79. The van der Waals surface area contributed by atoms with Crippen LogP contribution in [0.2, 0.25) is 0 Å². The van der Waals surface area contributed by atoms with Crippen LogP contribution in [-0.2, 0) is 19.3 Å². The zero-order chi connectivity index (χ0) is 18.9. The van der Waals surface area contributed by atoms with E-state index >= 15 is 0 Å². The van der Waals surface area contributed by atoms with Gasteiger partial charge in [0.15, 0.2) is 0 Å². The lowest BCUT2D eigenvalue weighted by Crippen LogP contribution is -2.30. The first kappa shape index (κ1) is 17.9. The van der Waals surface area contributed by atoms with Crippen molar-refractivity contribution < 1.29 is 13.2 Å². The quantitative estimate of drug-likeness (QED) is 0.591. The minimum absolute atomic E-state index is 0.0648. The molecular formula is C22H21F3N2. The normalized spacial score (nSPS) is 18.1. The summed E-state index contributed by atoms with van der Waals surface area (Å²) in [5, 5.41) is 0. The molecule has 2 heterocycles. The van der Waals surface area contributed by atoms with Crippen LogP contribution in [0.25, 0.3) is 0 Å². The van der Waals surface area contributed by atoms with Crippen molar-refractivity contribution in [2.24, 2.45) is 0 Å². The smallest absolute Gasteiger partial charge is 0.350 e. The lowest BCUT2D eigenvalue weighted by Gasteiger charge is -2.31. The zero-order valence-corrected chi connectivity index (χ0v) is 14.9. The van der Waals surface area contributed by atoms with E-state index in [9.17, 15) is 13.2 Å². The fraction of sp³-hybridized carbons (Fsp3) is 0.273. The Morgan fingerprint density at radius 2 is 1.59 bits per heavy atom. The van der Waals surface area contributed by atoms with Gasteiger partial charge in [-0.3, -0.25) is 4.90 Å². The first-order valence-electron chi connectivity index (χ1n) is 9.13. The highest BCUT2D eigenvalue weighted by atomic mass is 19.4. The molecule has 0 amide bonds. The van der Waals surface area contributed by atoms with Crippen molar-refractivity contribution >= 4 is 0 Å². The molecule has 27 heavy (non-hydrogen) atoms. The summed E-state index contributed by atoms with van der Waals surface area (Å²) in [6, 6.07) is 20.0. The monoisotopic (exact) mass is 370 g/mol. The molecule has 0 N–H and O–H groups in total. The third-order valence-electron chi connectivity index (χ3n) is 5.17. The summed E-state index contributed by atoms with van der Waals surface area (Å²) in [7, 11) is 0. The number of nitrogens with zero attached hydrogens (tertiary/aromatic N) is 2. The van der Waals surface area contributed by atoms with E-state index in [0.717, 1.165) is 30.8 Å². The fourth-order valence-electron chi connectivity index (χ4n) is 3.98. The van der Waals surface area contributed by atoms with Crippen LogP contribution in [0, 0.1) is 0 Å². The second kappa shape index (κ2) is 7.24. The van der Waals surface area contributed by atoms with E-state index in [4.69, 9.17) is 0 Å². The van der Waals surface area contributed by atoms with Crippen LogP contribution in [0.5, 0.6) is 0 Å². The van der Waals surface area contributed by atoms with E-state index in [-0.39, 0.29) is 12.6 Å². The molecule has 0 fully saturated rings. The maximum absolute atomic E-state index is 13.5. The van der Waals surface area contributed by atoms with Gasteiger partial charge in [0.05, 0.1) is 11.6 Å². The van der Waals surface area contributed by atoms with E-state index in [0.29, 0.717) is 5.56 Å². The number of aromatic nitrogens is 1. The lowest BCUT2D eigenvalue weighted by atomic mass is 10.00. The average Bonchev–Trinajstić information content (AvgIpc) is 3.03. The van der Waals surface area contributed by atoms with Crippen molar-refractivity contribution in [3.63, 3.8) is 0 Å². The molecule has 140 valence electrons. The molecule has 2 nitrogen and oxygen atoms in total. The number of alkyl halides is 3. The van der Waals surface area contributed by atoms with Crippen LogP contribution >= 0.6 is 0 Å². The molecule has 1 unspecified atom stereocenters. The van der Waals surface area contributed by atoms with Gasteiger partial charge in [0.2, 0.25) is 0 Å². The second-order valence-electron chi connectivity index (χ2n) is 6.92. The second-order valence-corrected chi connectivity index (χ2v) is 6.92.